The Labute approximate surface area is 111 Å². The summed E-state index contributed by atoms with van der Waals surface area (Å²) in [5.74, 6) is 0.918. The van der Waals surface area contributed by atoms with E-state index in [0.29, 0.717) is 11.8 Å². The molecule has 4 nitrogen and oxygen atoms in total. The van der Waals surface area contributed by atoms with Gasteiger partial charge in [0.25, 0.3) is 0 Å². The van der Waals surface area contributed by atoms with E-state index in [-0.39, 0.29) is 16.9 Å². The smallest absolute Gasteiger partial charge is 0.242 e. The van der Waals surface area contributed by atoms with Crippen LogP contribution < -0.4 is 16.6 Å². The molecule has 0 aromatic heterocycles. The second-order valence-electron chi connectivity index (χ2n) is 4.93. The Morgan fingerprint density at radius 2 is 2.11 bits per heavy atom. The molecule has 2 aliphatic carbocycles. The van der Waals surface area contributed by atoms with Crippen LogP contribution in [0.25, 0.3) is 0 Å². The molecular formula is C13H15N3OS. The maximum Gasteiger partial charge on any atom is 0.242 e. The summed E-state index contributed by atoms with van der Waals surface area (Å²) in [7, 11) is 0. The Morgan fingerprint density at radius 3 is 2.89 bits per heavy atom. The van der Waals surface area contributed by atoms with Gasteiger partial charge < -0.3 is 5.73 Å². The Balaban J connectivity index is 1.73. The van der Waals surface area contributed by atoms with E-state index in [1.165, 1.54) is 11.1 Å². The fourth-order valence-corrected chi connectivity index (χ4v) is 3.18. The summed E-state index contributed by atoms with van der Waals surface area (Å²) < 4.78 is 0. The van der Waals surface area contributed by atoms with Crippen molar-refractivity contribution in [2.75, 3.05) is 0 Å². The third kappa shape index (κ3) is 1.84. The van der Waals surface area contributed by atoms with Crippen molar-refractivity contribution >= 4 is 23.2 Å². The average Bonchev–Trinajstić information content (AvgIpc) is 3.10. The van der Waals surface area contributed by atoms with E-state index >= 15 is 0 Å². The molecule has 0 spiro atoms. The molecule has 0 bridgehead atoms. The third-order valence-corrected chi connectivity index (χ3v) is 4.04. The molecule has 1 aromatic rings. The number of benzene rings is 1. The van der Waals surface area contributed by atoms with Crippen LogP contribution >= 0.6 is 12.2 Å². The van der Waals surface area contributed by atoms with Crippen molar-refractivity contribution in [1.82, 2.24) is 10.9 Å². The van der Waals surface area contributed by atoms with Crippen LogP contribution in [0.4, 0.5) is 0 Å². The molecule has 0 radical (unpaired) electrons. The molecule has 18 heavy (non-hydrogen) atoms. The number of carbonyl (C=O) groups is 1. The number of rotatable bonds is 1. The predicted molar refractivity (Wildman–Crippen MR) is 72.5 cm³/mol. The van der Waals surface area contributed by atoms with Gasteiger partial charge in [-0.2, -0.15) is 0 Å². The Bertz CT molecular complexity index is 517. The van der Waals surface area contributed by atoms with Gasteiger partial charge in [-0.05, 0) is 48.0 Å². The van der Waals surface area contributed by atoms with Crippen LogP contribution in [0.5, 0.6) is 0 Å². The van der Waals surface area contributed by atoms with Gasteiger partial charge in [-0.25, -0.2) is 0 Å². The van der Waals surface area contributed by atoms with E-state index in [2.05, 4.69) is 41.3 Å². The topological polar surface area (TPSA) is 67.2 Å². The molecule has 1 fully saturated rings. The fraction of sp³-hybridized carbons (Fsp3) is 0.385. The highest BCUT2D eigenvalue weighted by molar-refractivity contribution is 7.80. The normalized spacial score (nSPS) is 27.7. The van der Waals surface area contributed by atoms with Crippen LogP contribution in [0.3, 0.4) is 0 Å². The average molecular weight is 261 g/mol. The molecule has 1 saturated carbocycles. The minimum atomic E-state index is -0.00509. The summed E-state index contributed by atoms with van der Waals surface area (Å²) in [6, 6.07) is 8.40. The first kappa shape index (κ1) is 11.5. The van der Waals surface area contributed by atoms with Gasteiger partial charge in [-0.15, -0.1) is 0 Å². The van der Waals surface area contributed by atoms with Gasteiger partial charge in [0.1, 0.15) is 0 Å². The van der Waals surface area contributed by atoms with Crippen molar-refractivity contribution in [3.63, 3.8) is 0 Å². The molecule has 0 heterocycles. The summed E-state index contributed by atoms with van der Waals surface area (Å²) in [5.41, 5.74) is 13.1. The minimum absolute atomic E-state index is 0.00509. The van der Waals surface area contributed by atoms with Crippen molar-refractivity contribution in [2.24, 2.45) is 17.6 Å². The highest BCUT2D eigenvalue weighted by atomic mass is 32.1. The first-order chi connectivity index (χ1) is 8.68. The van der Waals surface area contributed by atoms with Crippen molar-refractivity contribution < 1.29 is 4.79 Å². The standard InChI is InChI=1S/C13H15N3OS/c14-13(18)16-15-12(17)11-9-6-5-7-3-1-2-4-8(7)10(9)11/h1-4,9-11H,5-6H2,(H,15,17)(H3,14,16,18). The van der Waals surface area contributed by atoms with Crippen LogP contribution in [0.15, 0.2) is 24.3 Å². The zero-order chi connectivity index (χ0) is 12.7. The summed E-state index contributed by atoms with van der Waals surface area (Å²) >= 11 is 4.66. The van der Waals surface area contributed by atoms with Gasteiger partial charge >= 0.3 is 0 Å². The van der Waals surface area contributed by atoms with Crippen LogP contribution in [-0.2, 0) is 11.2 Å². The largest absolute Gasteiger partial charge is 0.375 e. The predicted octanol–water partition coefficient (Wildman–Crippen LogP) is 0.827. The zero-order valence-electron chi connectivity index (χ0n) is 9.85. The number of aryl methyl sites for hydroxylation is 1. The van der Waals surface area contributed by atoms with Crippen molar-refractivity contribution in [3.05, 3.63) is 35.4 Å². The van der Waals surface area contributed by atoms with Gasteiger partial charge in [0.2, 0.25) is 5.91 Å². The maximum atomic E-state index is 12.0. The van der Waals surface area contributed by atoms with Gasteiger partial charge in [0.05, 0.1) is 5.92 Å². The monoisotopic (exact) mass is 261 g/mol. The van der Waals surface area contributed by atoms with E-state index in [1.807, 2.05) is 6.07 Å². The molecule has 94 valence electrons. The quantitative estimate of drug-likeness (QED) is 0.517. The van der Waals surface area contributed by atoms with E-state index in [1.54, 1.807) is 0 Å². The van der Waals surface area contributed by atoms with Crippen LogP contribution in [0.2, 0.25) is 0 Å². The SMILES string of the molecule is NC(=S)NNC(=O)C1C2CCc3ccccc3C21. The highest BCUT2D eigenvalue weighted by Gasteiger charge is 2.56. The maximum absolute atomic E-state index is 12.0. The molecule has 1 amide bonds. The lowest BCUT2D eigenvalue weighted by Gasteiger charge is -2.13. The van der Waals surface area contributed by atoms with Crippen molar-refractivity contribution in [1.29, 1.82) is 0 Å². The summed E-state index contributed by atoms with van der Waals surface area (Å²) in [5, 5.41) is 0.0902. The fourth-order valence-electron chi connectivity index (χ4n) is 3.13. The second kappa shape index (κ2) is 4.24. The van der Waals surface area contributed by atoms with E-state index in [0.717, 1.165) is 12.8 Å². The molecule has 3 unspecified atom stereocenters. The van der Waals surface area contributed by atoms with Gasteiger partial charge in [0.15, 0.2) is 5.11 Å². The molecule has 0 aliphatic heterocycles. The summed E-state index contributed by atoms with van der Waals surface area (Å²) in [6.07, 6.45) is 2.16. The van der Waals surface area contributed by atoms with Crippen LogP contribution in [0.1, 0.15) is 23.5 Å². The number of nitrogens with one attached hydrogen (secondary N) is 2. The summed E-state index contributed by atoms with van der Waals surface area (Å²) in [6.45, 7) is 0. The third-order valence-electron chi connectivity index (χ3n) is 3.94. The Hall–Kier alpha value is -1.62. The molecule has 4 N–H and O–H groups in total. The number of hydrogen-bond donors (Lipinski definition) is 3. The molecular weight excluding hydrogens is 246 g/mol. The number of amides is 1. The number of thiocarbonyl (C=S) groups is 1. The first-order valence-corrected chi connectivity index (χ1v) is 6.52. The Morgan fingerprint density at radius 1 is 1.33 bits per heavy atom. The number of carbonyl (C=O) groups excluding carboxylic acids is 1. The molecule has 5 heteroatoms. The van der Waals surface area contributed by atoms with Gasteiger partial charge in [-0.3, -0.25) is 15.6 Å². The first-order valence-electron chi connectivity index (χ1n) is 6.11. The molecule has 3 atom stereocenters. The molecule has 3 rings (SSSR count). The van der Waals surface area contributed by atoms with Crippen molar-refractivity contribution in [2.45, 2.75) is 18.8 Å². The van der Waals surface area contributed by atoms with Gasteiger partial charge in [-0.1, -0.05) is 24.3 Å². The highest BCUT2D eigenvalue weighted by Crippen LogP contribution is 2.59. The zero-order valence-corrected chi connectivity index (χ0v) is 10.7. The second-order valence-corrected chi connectivity index (χ2v) is 5.37. The lowest BCUT2D eigenvalue weighted by atomic mass is 9.92. The lowest BCUT2D eigenvalue weighted by molar-refractivity contribution is -0.123. The van der Waals surface area contributed by atoms with Crippen molar-refractivity contribution in [3.8, 4) is 0 Å². The van der Waals surface area contributed by atoms with Crippen LogP contribution in [-0.4, -0.2) is 11.0 Å². The number of nitrogens with two attached hydrogens (primary N) is 1. The van der Waals surface area contributed by atoms with Crippen LogP contribution in [0, 0.1) is 11.8 Å². The number of fused-ring (bicyclic) bond motifs is 3. The van der Waals surface area contributed by atoms with E-state index in [9.17, 15) is 4.79 Å². The molecule has 0 saturated heterocycles. The molecule has 1 aromatic carbocycles. The Kier molecular flexibility index (Phi) is 2.70. The summed E-state index contributed by atoms with van der Waals surface area (Å²) in [4.78, 5) is 12.0. The number of hydrazine groups is 1. The number of hydrogen-bond acceptors (Lipinski definition) is 2. The van der Waals surface area contributed by atoms with Gasteiger partial charge in [0, 0.05) is 0 Å². The van der Waals surface area contributed by atoms with E-state index in [4.69, 9.17) is 5.73 Å². The lowest BCUT2D eigenvalue weighted by Crippen LogP contribution is -2.45. The van der Waals surface area contributed by atoms with E-state index < -0.39 is 0 Å². The minimum Gasteiger partial charge on any atom is -0.375 e. The molecule has 2 aliphatic rings.